The van der Waals surface area contributed by atoms with Gasteiger partial charge in [-0.15, -0.1) is 0 Å². The maximum Gasteiger partial charge on any atom is 0.225 e. The Balaban J connectivity index is 2.32. The van der Waals surface area contributed by atoms with Crippen molar-refractivity contribution in [2.45, 2.75) is 63.1 Å². The summed E-state index contributed by atoms with van der Waals surface area (Å²) in [5, 5.41) is 33.5. The zero-order valence-corrected chi connectivity index (χ0v) is 20.3. The highest BCUT2D eigenvalue weighted by Gasteiger charge is 2.68. The van der Waals surface area contributed by atoms with Crippen LogP contribution in [0.5, 0.6) is 5.75 Å². The van der Waals surface area contributed by atoms with Crippen LogP contribution in [0.1, 0.15) is 56.0 Å². The van der Waals surface area contributed by atoms with Crippen molar-refractivity contribution in [2.75, 3.05) is 13.2 Å². The number of Topliss-reactive ketones (excluding diaryl/α,β-unsaturated/α-hetero) is 2. The summed E-state index contributed by atoms with van der Waals surface area (Å²) in [7, 11) is 0. The molecule has 0 unspecified atom stereocenters. The molecule has 0 fully saturated rings. The Labute approximate surface area is 204 Å². The number of primary amides is 1. The van der Waals surface area contributed by atoms with Crippen molar-refractivity contribution in [3.8, 4) is 5.75 Å². The SMILES string of the molecule is CCCOc1cccc2c1C(=O)C1=C(O)[C@](O)(C(=O)CC(N)=O)[C@](N)([C@@H](CO)C(C)C)C[C@]1(N)C2. The fraction of sp³-hybridized carbons (Fsp3) is 0.560. The van der Waals surface area contributed by atoms with E-state index in [0.29, 0.717) is 24.3 Å². The summed E-state index contributed by atoms with van der Waals surface area (Å²) in [4.78, 5) is 38.6. The summed E-state index contributed by atoms with van der Waals surface area (Å²) >= 11 is 0. The summed E-state index contributed by atoms with van der Waals surface area (Å²) in [6.45, 7) is 5.18. The number of carbonyl (C=O) groups is 3. The molecule has 1 aromatic carbocycles. The van der Waals surface area contributed by atoms with Gasteiger partial charge in [0.15, 0.2) is 17.2 Å². The molecule has 0 heterocycles. The van der Waals surface area contributed by atoms with Crippen LogP contribution in [0.3, 0.4) is 0 Å². The maximum atomic E-state index is 13.8. The second-order valence-corrected chi connectivity index (χ2v) is 10.1. The molecular weight excluding hydrogens is 454 g/mol. The van der Waals surface area contributed by atoms with Crippen molar-refractivity contribution in [1.82, 2.24) is 0 Å². The summed E-state index contributed by atoms with van der Waals surface area (Å²) < 4.78 is 5.74. The largest absolute Gasteiger partial charge is 0.508 e. The standard InChI is InChI=1S/C25H35N3O7/c1-4-8-35-16-7-5-6-14-10-23(27)12-24(28,15(11-29)13(2)3)25(34,17(30)9-18(26)31)22(33)20(23)21(32)19(14)16/h5-7,13,15,29,33-34H,4,8-12,27-28H2,1-3H3,(H2,26,31)/t15-,23+,24+,25+/m0/s1. The van der Waals surface area contributed by atoms with E-state index in [2.05, 4.69) is 0 Å². The van der Waals surface area contributed by atoms with Gasteiger partial charge in [0, 0.05) is 12.5 Å². The van der Waals surface area contributed by atoms with Crippen LogP contribution in [0.4, 0.5) is 0 Å². The fourth-order valence-electron chi connectivity index (χ4n) is 5.68. The van der Waals surface area contributed by atoms with Crippen LogP contribution in [0.15, 0.2) is 29.5 Å². The van der Waals surface area contributed by atoms with Gasteiger partial charge in [-0.1, -0.05) is 32.9 Å². The minimum Gasteiger partial charge on any atom is -0.508 e. The Morgan fingerprint density at radius 2 is 1.89 bits per heavy atom. The number of ketones is 2. The molecule has 1 aromatic rings. The van der Waals surface area contributed by atoms with Gasteiger partial charge in [-0.25, -0.2) is 0 Å². The van der Waals surface area contributed by atoms with Crippen LogP contribution in [0.25, 0.3) is 0 Å². The molecule has 10 nitrogen and oxygen atoms in total. The van der Waals surface area contributed by atoms with Crippen molar-refractivity contribution in [3.05, 3.63) is 40.7 Å². The number of aliphatic hydroxyl groups excluding tert-OH is 2. The first-order valence-electron chi connectivity index (χ1n) is 11.7. The monoisotopic (exact) mass is 489 g/mol. The van der Waals surface area contributed by atoms with Crippen molar-refractivity contribution < 1.29 is 34.4 Å². The van der Waals surface area contributed by atoms with Gasteiger partial charge in [0.1, 0.15) is 11.5 Å². The smallest absolute Gasteiger partial charge is 0.225 e. The molecule has 0 bridgehead atoms. The number of fused-ring (bicyclic) bond motifs is 2. The molecule has 4 atom stereocenters. The molecule has 0 saturated heterocycles. The predicted molar refractivity (Wildman–Crippen MR) is 128 cm³/mol. The topological polar surface area (TPSA) is 199 Å². The molecule has 9 N–H and O–H groups in total. The van der Waals surface area contributed by atoms with Gasteiger partial charge in [-0.2, -0.15) is 0 Å². The highest BCUT2D eigenvalue weighted by molar-refractivity contribution is 6.16. The molecule has 0 radical (unpaired) electrons. The lowest BCUT2D eigenvalue weighted by Gasteiger charge is -2.57. The lowest BCUT2D eigenvalue weighted by molar-refractivity contribution is -0.156. The third-order valence-electron chi connectivity index (χ3n) is 7.29. The Bertz CT molecular complexity index is 1080. The van der Waals surface area contributed by atoms with E-state index < -0.39 is 58.9 Å². The molecule has 3 rings (SSSR count). The van der Waals surface area contributed by atoms with Gasteiger partial charge in [0.25, 0.3) is 0 Å². The van der Waals surface area contributed by atoms with Crippen molar-refractivity contribution >= 4 is 17.5 Å². The second kappa shape index (κ2) is 9.34. The van der Waals surface area contributed by atoms with Crippen LogP contribution in [0.2, 0.25) is 0 Å². The van der Waals surface area contributed by atoms with E-state index in [4.69, 9.17) is 21.9 Å². The van der Waals surface area contributed by atoms with Gasteiger partial charge in [0.05, 0.1) is 35.2 Å². The lowest BCUT2D eigenvalue weighted by atomic mass is 9.52. The van der Waals surface area contributed by atoms with E-state index >= 15 is 0 Å². The van der Waals surface area contributed by atoms with E-state index in [-0.39, 0.29) is 29.9 Å². The van der Waals surface area contributed by atoms with E-state index in [1.807, 2.05) is 6.92 Å². The van der Waals surface area contributed by atoms with Crippen molar-refractivity contribution in [1.29, 1.82) is 0 Å². The number of hydrogen-bond donors (Lipinski definition) is 6. The van der Waals surface area contributed by atoms with E-state index in [1.165, 1.54) is 0 Å². The van der Waals surface area contributed by atoms with Crippen LogP contribution in [-0.4, -0.2) is 62.7 Å². The second-order valence-electron chi connectivity index (χ2n) is 10.1. The molecule has 2 aliphatic carbocycles. The Hall–Kier alpha value is -2.79. The Morgan fingerprint density at radius 3 is 2.43 bits per heavy atom. The van der Waals surface area contributed by atoms with Crippen LogP contribution in [0, 0.1) is 11.8 Å². The highest BCUT2D eigenvalue weighted by Crippen LogP contribution is 2.52. The molecule has 1 amide bonds. The molecule has 2 aliphatic rings. The van der Waals surface area contributed by atoms with E-state index in [9.17, 15) is 29.7 Å². The number of nitrogens with two attached hydrogens (primary N) is 3. The minimum absolute atomic E-state index is 0.0616. The average Bonchev–Trinajstić information content (AvgIpc) is 2.75. The maximum absolute atomic E-state index is 13.8. The van der Waals surface area contributed by atoms with Crippen LogP contribution in [-0.2, 0) is 16.0 Å². The third-order valence-corrected chi connectivity index (χ3v) is 7.29. The van der Waals surface area contributed by atoms with E-state index in [1.54, 1.807) is 32.0 Å². The molecule has 10 heteroatoms. The highest BCUT2D eigenvalue weighted by atomic mass is 16.5. The van der Waals surface area contributed by atoms with Gasteiger partial charge < -0.3 is 37.3 Å². The number of aliphatic hydroxyl groups is 3. The van der Waals surface area contributed by atoms with Gasteiger partial charge in [-0.05, 0) is 36.8 Å². The Kier molecular flexibility index (Phi) is 7.16. The van der Waals surface area contributed by atoms with Crippen molar-refractivity contribution in [2.24, 2.45) is 29.0 Å². The van der Waals surface area contributed by atoms with Crippen molar-refractivity contribution in [3.63, 3.8) is 0 Å². The minimum atomic E-state index is -2.88. The van der Waals surface area contributed by atoms with Gasteiger partial charge in [0.2, 0.25) is 5.91 Å². The molecule has 0 aliphatic heterocycles. The summed E-state index contributed by atoms with van der Waals surface area (Å²) in [5.41, 5.74) is 12.6. The fourth-order valence-corrected chi connectivity index (χ4v) is 5.68. The zero-order valence-electron chi connectivity index (χ0n) is 20.3. The van der Waals surface area contributed by atoms with E-state index in [0.717, 1.165) is 0 Å². The number of amides is 1. The van der Waals surface area contributed by atoms with Crippen LogP contribution >= 0.6 is 0 Å². The van der Waals surface area contributed by atoms with Gasteiger partial charge in [-0.3, -0.25) is 14.4 Å². The zero-order chi connectivity index (χ0) is 26.3. The third kappa shape index (κ3) is 4.04. The predicted octanol–water partition coefficient (Wildman–Crippen LogP) is 0.265. The average molecular weight is 490 g/mol. The number of rotatable bonds is 9. The molecule has 0 aromatic heterocycles. The number of benzene rings is 1. The summed E-state index contributed by atoms with van der Waals surface area (Å²) in [6.07, 6.45) is -0.501. The number of hydrogen-bond acceptors (Lipinski definition) is 9. The Morgan fingerprint density at radius 1 is 1.23 bits per heavy atom. The normalized spacial score (nSPS) is 29.0. The number of carbonyl (C=O) groups excluding carboxylic acids is 3. The molecular formula is C25H35N3O7. The quantitative estimate of drug-likeness (QED) is 0.263. The molecule has 0 saturated carbocycles. The molecule has 192 valence electrons. The summed E-state index contributed by atoms with van der Waals surface area (Å²) in [5.74, 6) is -4.93. The van der Waals surface area contributed by atoms with Crippen LogP contribution < -0.4 is 21.9 Å². The first-order chi connectivity index (χ1) is 16.3. The first kappa shape index (κ1) is 26.8. The first-order valence-corrected chi connectivity index (χ1v) is 11.7. The molecule has 0 spiro atoms. The van der Waals surface area contributed by atoms with Gasteiger partial charge >= 0.3 is 0 Å². The summed E-state index contributed by atoms with van der Waals surface area (Å²) in [6, 6.07) is 5.07. The molecule has 35 heavy (non-hydrogen) atoms. The number of ether oxygens (including phenoxy) is 1. The lowest BCUT2D eigenvalue weighted by Crippen LogP contribution is -2.77.